The molecule has 172 valence electrons. The minimum Gasteiger partial charge on any atom is -0.381 e. The first-order valence-electron chi connectivity index (χ1n) is 11.7. The van der Waals surface area contributed by atoms with Crippen LogP contribution in [0.25, 0.3) is 0 Å². The summed E-state index contributed by atoms with van der Waals surface area (Å²) in [6, 6.07) is 0. The highest BCUT2D eigenvalue weighted by atomic mass is 16.5. The summed E-state index contributed by atoms with van der Waals surface area (Å²) in [5.74, 6) is 1.06. The number of carbonyl (C=O) groups is 1. The van der Waals surface area contributed by atoms with Crippen LogP contribution in [0.4, 0.5) is 0 Å². The highest BCUT2D eigenvalue weighted by molar-refractivity contribution is 5.76. The molecule has 0 bridgehead atoms. The molecule has 0 radical (unpaired) electrons. The van der Waals surface area contributed by atoms with Crippen molar-refractivity contribution in [1.82, 2.24) is 15.5 Å². The van der Waals surface area contributed by atoms with Gasteiger partial charge in [0.05, 0.1) is 6.61 Å². The Kier molecular flexibility index (Phi) is 17.3. The van der Waals surface area contributed by atoms with E-state index in [-0.39, 0.29) is 11.3 Å². The van der Waals surface area contributed by atoms with Gasteiger partial charge < -0.3 is 20.3 Å². The predicted octanol–water partition coefficient (Wildman–Crippen LogP) is 4.24. The lowest BCUT2D eigenvalue weighted by Crippen LogP contribution is -2.34. The van der Waals surface area contributed by atoms with E-state index >= 15 is 0 Å². The van der Waals surface area contributed by atoms with Gasteiger partial charge in [-0.3, -0.25) is 4.79 Å². The Labute approximate surface area is 181 Å². The van der Waals surface area contributed by atoms with Crippen molar-refractivity contribution in [2.45, 2.75) is 73.6 Å². The molecule has 0 aromatic carbocycles. The van der Waals surface area contributed by atoms with Crippen LogP contribution in [-0.4, -0.2) is 63.3 Å². The minimum absolute atomic E-state index is 0.0578. The fourth-order valence-electron chi connectivity index (χ4n) is 3.08. The summed E-state index contributed by atoms with van der Waals surface area (Å²) in [5, 5.41) is 6.88. The lowest BCUT2D eigenvalue weighted by atomic mass is 9.88. The van der Waals surface area contributed by atoms with Crippen molar-refractivity contribution in [3.05, 3.63) is 12.2 Å². The van der Waals surface area contributed by atoms with Crippen LogP contribution in [0.3, 0.4) is 0 Å². The van der Waals surface area contributed by atoms with Crippen molar-refractivity contribution in [3.63, 3.8) is 0 Å². The quantitative estimate of drug-likeness (QED) is 0.247. The lowest BCUT2D eigenvalue weighted by Gasteiger charge is -2.26. The van der Waals surface area contributed by atoms with E-state index in [1.54, 1.807) is 0 Å². The summed E-state index contributed by atoms with van der Waals surface area (Å²) in [5.41, 5.74) is 0.0578. The van der Waals surface area contributed by atoms with E-state index in [9.17, 15) is 4.79 Å². The molecule has 29 heavy (non-hydrogen) atoms. The molecule has 0 saturated carbocycles. The second kappa shape index (κ2) is 17.9. The van der Waals surface area contributed by atoms with Crippen molar-refractivity contribution in [2.75, 3.05) is 52.5 Å². The maximum atomic E-state index is 12.5. The summed E-state index contributed by atoms with van der Waals surface area (Å²) >= 11 is 0. The van der Waals surface area contributed by atoms with E-state index in [4.69, 9.17) is 4.74 Å². The number of nitrogens with one attached hydrogen (secondary N) is 2. The first kappa shape index (κ1) is 28.1. The van der Waals surface area contributed by atoms with Gasteiger partial charge >= 0.3 is 0 Å². The number of carbonyl (C=O) groups excluding carboxylic acids is 1. The summed E-state index contributed by atoms with van der Waals surface area (Å²) < 4.78 is 5.53. The van der Waals surface area contributed by atoms with Gasteiger partial charge in [-0.05, 0) is 64.0 Å². The third-order valence-electron chi connectivity index (χ3n) is 5.05. The monoisotopic (exact) mass is 411 g/mol. The van der Waals surface area contributed by atoms with Crippen molar-refractivity contribution < 1.29 is 9.53 Å². The molecule has 0 rings (SSSR count). The molecule has 0 aliphatic heterocycles. The van der Waals surface area contributed by atoms with E-state index in [0.717, 1.165) is 64.6 Å². The Morgan fingerprint density at radius 2 is 1.69 bits per heavy atom. The lowest BCUT2D eigenvalue weighted by molar-refractivity contribution is -0.131. The fraction of sp³-hybridized carbons (Fsp3) is 0.875. The molecule has 0 aromatic rings. The van der Waals surface area contributed by atoms with Crippen LogP contribution in [0.2, 0.25) is 0 Å². The number of hydrogen-bond donors (Lipinski definition) is 2. The first-order valence-corrected chi connectivity index (χ1v) is 11.7. The largest absolute Gasteiger partial charge is 0.381 e. The Bertz CT molecular complexity index is 422. The van der Waals surface area contributed by atoms with Crippen LogP contribution in [0.1, 0.15) is 73.6 Å². The number of amides is 1. The molecule has 0 aromatic heterocycles. The smallest absolute Gasteiger partial charge is 0.222 e. The van der Waals surface area contributed by atoms with Gasteiger partial charge in [0, 0.05) is 39.2 Å². The number of ether oxygens (including phenoxy) is 1. The topological polar surface area (TPSA) is 53.6 Å². The Morgan fingerprint density at radius 1 is 1.07 bits per heavy atom. The van der Waals surface area contributed by atoms with Crippen LogP contribution in [-0.2, 0) is 9.53 Å². The van der Waals surface area contributed by atoms with Crippen LogP contribution in [0.5, 0.6) is 0 Å². The van der Waals surface area contributed by atoms with Crippen LogP contribution >= 0.6 is 0 Å². The molecule has 0 atom stereocenters. The zero-order valence-corrected chi connectivity index (χ0v) is 20.2. The predicted molar refractivity (Wildman–Crippen MR) is 125 cm³/mol. The fourth-order valence-corrected chi connectivity index (χ4v) is 3.08. The highest BCUT2D eigenvalue weighted by Gasteiger charge is 2.21. The van der Waals surface area contributed by atoms with E-state index in [1.165, 1.54) is 12.8 Å². The molecule has 1 amide bonds. The Hall–Kier alpha value is -0.910. The minimum atomic E-state index is 0.0578. The number of hydrogen-bond acceptors (Lipinski definition) is 4. The molecule has 0 saturated heterocycles. The molecule has 5 heteroatoms. The third-order valence-corrected chi connectivity index (χ3v) is 5.05. The molecule has 0 aliphatic carbocycles. The average Bonchev–Trinajstić information content (AvgIpc) is 2.68. The van der Waals surface area contributed by atoms with Gasteiger partial charge in [-0.1, -0.05) is 39.8 Å². The first-order chi connectivity index (χ1) is 13.8. The molecule has 0 spiro atoms. The molecule has 2 N–H and O–H groups in total. The Balaban J connectivity index is 3.76. The molecule has 5 nitrogen and oxygen atoms in total. The SMILES string of the molecule is CCOCC(C)(C)CCC(=O)N(CC)CCCNC/C=C\CNCCCC(C)C. The molecule has 0 fully saturated rings. The van der Waals surface area contributed by atoms with Crippen molar-refractivity contribution >= 4 is 5.91 Å². The van der Waals surface area contributed by atoms with Gasteiger partial charge in [-0.2, -0.15) is 0 Å². The van der Waals surface area contributed by atoms with E-state index in [0.29, 0.717) is 13.0 Å². The van der Waals surface area contributed by atoms with Crippen molar-refractivity contribution in [2.24, 2.45) is 11.3 Å². The molecule has 0 unspecified atom stereocenters. The zero-order chi connectivity index (χ0) is 22.0. The van der Waals surface area contributed by atoms with Crippen LogP contribution in [0, 0.1) is 11.3 Å². The Morgan fingerprint density at radius 3 is 2.24 bits per heavy atom. The van der Waals surface area contributed by atoms with Gasteiger partial charge in [0.15, 0.2) is 0 Å². The van der Waals surface area contributed by atoms with Gasteiger partial charge in [0.2, 0.25) is 5.91 Å². The summed E-state index contributed by atoms with van der Waals surface area (Å²) in [6.45, 7) is 19.9. The van der Waals surface area contributed by atoms with Crippen molar-refractivity contribution in [3.8, 4) is 0 Å². The van der Waals surface area contributed by atoms with Gasteiger partial charge in [-0.25, -0.2) is 0 Å². The second-order valence-corrected chi connectivity index (χ2v) is 9.04. The molecule has 0 heterocycles. The van der Waals surface area contributed by atoms with Crippen molar-refractivity contribution in [1.29, 1.82) is 0 Å². The standard InChI is InChI=1S/C24H49N3O2/c1-7-27(23(28)14-15-24(5,6)21-29-8-2)20-12-19-26-17-10-9-16-25-18-11-13-22(3)4/h9-10,22,25-26H,7-8,11-21H2,1-6H3/b10-9-. The summed E-state index contributed by atoms with van der Waals surface area (Å²) in [7, 11) is 0. The summed E-state index contributed by atoms with van der Waals surface area (Å²) in [6.07, 6.45) is 9.38. The van der Waals surface area contributed by atoms with E-state index in [1.807, 2.05) is 11.8 Å². The second-order valence-electron chi connectivity index (χ2n) is 9.04. The number of nitrogens with zero attached hydrogens (tertiary/aromatic N) is 1. The molecular formula is C24H49N3O2. The highest BCUT2D eigenvalue weighted by Crippen LogP contribution is 2.23. The van der Waals surface area contributed by atoms with Crippen LogP contribution in [0.15, 0.2) is 12.2 Å². The zero-order valence-electron chi connectivity index (χ0n) is 20.2. The summed E-state index contributed by atoms with van der Waals surface area (Å²) in [4.78, 5) is 14.5. The van der Waals surface area contributed by atoms with Gasteiger partial charge in [-0.15, -0.1) is 0 Å². The maximum absolute atomic E-state index is 12.5. The van der Waals surface area contributed by atoms with E-state index < -0.39 is 0 Å². The number of rotatable bonds is 19. The van der Waals surface area contributed by atoms with Crippen LogP contribution < -0.4 is 10.6 Å². The molecular weight excluding hydrogens is 362 g/mol. The van der Waals surface area contributed by atoms with Gasteiger partial charge in [0.1, 0.15) is 0 Å². The van der Waals surface area contributed by atoms with Gasteiger partial charge in [0.25, 0.3) is 0 Å². The average molecular weight is 412 g/mol. The molecule has 0 aliphatic rings. The van der Waals surface area contributed by atoms with E-state index in [2.05, 4.69) is 57.4 Å². The maximum Gasteiger partial charge on any atom is 0.222 e. The third kappa shape index (κ3) is 17.6. The normalized spacial score (nSPS) is 12.2.